The number of hydrogen-bond acceptors (Lipinski definition) is 5. The van der Waals surface area contributed by atoms with E-state index in [2.05, 4.69) is 9.88 Å². The van der Waals surface area contributed by atoms with Crippen molar-refractivity contribution in [2.75, 3.05) is 40.5 Å². The highest BCUT2D eigenvalue weighted by atomic mass is 19.1. The fraction of sp³-hybridized carbons (Fsp3) is 0.407. The van der Waals surface area contributed by atoms with Crippen molar-refractivity contribution in [1.82, 2.24) is 19.4 Å². The number of aromatic amines is 1. The summed E-state index contributed by atoms with van der Waals surface area (Å²) in [6, 6.07) is 10.7. The van der Waals surface area contributed by atoms with E-state index in [1.807, 2.05) is 38.4 Å². The normalized spacial score (nSPS) is 16.4. The van der Waals surface area contributed by atoms with Gasteiger partial charge in [-0.1, -0.05) is 12.1 Å². The number of nitrogens with one attached hydrogen (secondary N) is 1. The summed E-state index contributed by atoms with van der Waals surface area (Å²) in [4.78, 5) is 22.5. The van der Waals surface area contributed by atoms with Crippen molar-refractivity contribution < 1.29 is 13.9 Å². The van der Waals surface area contributed by atoms with Gasteiger partial charge in [-0.2, -0.15) is 0 Å². The topological polar surface area (TPSA) is 72.4 Å². The minimum absolute atomic E-state index is 0.0741. The SMILES string of the molecule is CN(C)CCCOc1ccc(-c2cc3c(cc2F)nc([C@@H]2CCCOC2)c2c3[nH]c(=O)n2C)cc1. The average Bonchev–Trinajstić information content (AvgIpc) is 3.16. The molecular weight excluding hydrogens is 447 g/mol. The van der Waals surface area contributed by atoms with E-state index >= 15 is 4.39 Å². The smallest absolute Gasteiger partial charge is 0.326 e. The number of aromatic nitrogens is 3. The van der Waals surface area contributed by atoms with Crippen LogP contribution >= 0.6 is 0 Å². The lowest BCUT2D eigenvalue weighted by Crippen LogP contribution is -2.19. The molecule has 2 aromatic heterocycles. The fourth-order valence-electron chi connectivity index (χ4n) is 4.82. The van der Waals surface area contributed by atoms with Crippen LogP contribution in [0.1, 0.15) is 30.9 Å². The van der Waals surface area contributed by atoms with E-state index in [1.165, 1.54) is 6.07 Å². The van der Waals surface area contributed by atoms with Crippen LogP contribution in [0.4, 0.5) is 4.39 Å². The second-order valence-corrected chi connectivity index (χ2v) is 9.50. The van der Waals surface area contributed by atoms with Crippen LogP contribution < -0.4 is 10.4 Å². The molecule has 0 radical (unpaired) electrons. The molecule has 0 unspecified atom stereocenters. The van der Waals surface area contributed by atoms with Crippen LogP contribution in [0.15, 0.2) is 41.2 Å². The maximum Gasteiger partial charge on any atom is 0.326 e. The highest BCUT2D eigenvalue weighted by molar-refractivity contribution is 6.05. The summed E-state index contributed by atoms with van der Waals surface area (Å²) in [5, 5.41) is 0.721. The van der Waals surface area contributed by atoms with E-state index in [9.17, 15) is 4.79 Å². The van der Waals surface area contributed by atoms with E-state index in [0.717, 1.165) is 60.3 Å². The Bertz CT molecular complexity index is 1400. The number of aryl methyl sites for hydroxylation is 1. The molecule has 184 valence electrons. The maximum absolute atomic E-state index is 15.3. The Balaban J connectivity index is 1.52. The highest BCUT2D eigenvalue weighted by Gasteiger charge is 2.24. The van der Waals surface area contributed by atoms with Crippen LogP contribution in [0.25, 0.3) is 33.1 Å². The maximum atomic E-state index is 15.3. The van der Waals surface area contributed by atoms with Crippen LogP contribution in [-0.2, 0) is 11.8 Å². The van der Waals surface area contributed by atoms with Crippen molar-refractivity contribution in [2.45, 2.75) is 25.2 Å². The summed E-state index contributed by atoms with van der Waals surface area (Å²) in [6.45, 7) is 2.87. The number of ether oxygens (including phenoxy) is 2. The lowest BCUT2D eigenvalue weighted by atomic mass is 9.95. The van der Waals surface area contributed by atoms with Gasteiger partial charge in [-0.15, -0.1) is 0 Å². The molecule has 1 atom stereocenters. The Kier molecular flexibility index (Phi) is 6.58. The van der Waals surface area contributed by atoms with Crippen LogP contribution in [0, 0.1) is 5.82 Å². The van der Waals surface area contributed by atoms with E-state index in [-0.39, 0.29) is 17.4 Å². The van der Waals surface area contributed by atoms with Gasteiger partial charge in [-0.25, -0.2) is 14.2 Å². The van der Waals surface area contributed by atoms with Gasteiger partial charge in [-0.05, 0) is 57.1 Å². The third kappa shape index (κ3) is 4.68. The third-order valence-electron chi connectivity index (χ3n) is 6.68. The summed E-state index contributed by atoms with van der Waals surface area (Å²) in [7, 11) is 5.81. The summed E-state index contributed by atoms with van der Waals surface area (Å²) in [5.74, 6) is 0.475. The lowest BCUT2D eigenvalue weighted by Gasteiger charge is -2.23. The summed E-state index contributed by atoms with van der Waals surface area (Å²) in [6.07, 6.45) is 2.80. The lowest BCUT2D eigenvalue weighted by molar-refractivity contribution is 0.0797. The molecule has 0 saturated carbocycles. The van der Waals surface area contributed by atoms with Crippen molar-refractivity contribution in [1.29, 1.82) is 0 Å². The van der Waals surface area contributed by atoms with Gasteiger partial charge in [0, 0.05) is 43.1 Å². The first-order chi connectivity index (χ1) is 16.9. The Morgan fingerprint density at radius 1 is 1.26 bits per heavy atom. The monoisotopic (exact) mass is 478 g/mol. The predicted octanol–water partition coefficient (Wildman–Crippen LogP) is 4.45. The molecule has 4 aromatic rings. The van der Waals surface area contributed by atoms with Crippen molar-refractivity contribution in [3.05, 3.63) is 58.4 Å². The van der Waals surface area contributed by atoms with Crippen molar-refractivity contribution >= 4 is 21.9 Å². The van der Waals surface area contributed by atoms with Crippen LogP contribution in [0.3, 0.4) is 0 Å². The zero-order chi connectivity index (χ0) is 24.5. The number of H-pyrrole nitrogens is 1. The quantitative estimate of drug-likeness (QED) is 0.398. The molecule has 5 rings (SSSR count). The Hall–Kier alpha value is -3.23. The molecule has 2 aromatic carbocycles. The molecule has 0 spiro atoms. The summed E-state index contributed by atoms with van der Waals surface area (Å²) in [5.41, 5.74) is 3.74. The zero-order valence-electron chi connectivity index (χ0n) is 20.4. The summed E-state index contributed by atoms with van der Waals surface area (Å²) < 4.78 is 28.4. The van der Waals surface area contributed by atoms with Gasteiger partial charge in [0.15, 0.2) is 0 Å². The van der Waals surface area contributed by atoms with Gasteiger partial charge in [0.05, 0.1) is 35.5 Å². The Labute approximate surface area is 203 Å². The molecule has 1 fully saturated rings. The third-order valence-corrected chi connectivity index (χ3v) is 6.68. The van der Waals surface area contributed by atoms with Crippen molar-refractivity contribution in [3.63, 3.8) is 0 Å². The van der Waals surface area contributed by atoms with Crippen LogP contribution in [0.5, 0.6) is 5.75 Å². The van der Waals surface area contributed by atoms with Gasteiger partial charge in [-0.3, -0.25) is 4.57 Å². The van der Waals surface area contributed by atoms with E-state index < -0.39 is 0 Å². The first kappa shape index (κ1) is 23.5. The van der Waals surface area contributed by atoms with Crippen molar-refractivity contribution in [3.8, 4) is 16.9 Å². The molecule has 0 bridgehead atoms. The molecule has 1 N–H and O–H groups in total. The number of nitrogens with zero attached hydrogens (tertiary/aromatic N) is 3. The van der Waals surface area contributed by atoms with Gasteiger partial charge >= 0.3 is 5.69 Å². The molecule has 0 amide bonds. The number of hydrogen-bond donors (Lipinski definition) is 1. The van der Waals surface area contributed by atoms with Crippen LogP contribution in [0.2, 0.25) is 0 Å². The van der Waals surface area contributed by atoms with E-state index in [4.69, 9.17) is 14.5 Å². The second-order valence-electron chi connectivity index (χ2n) is 9.50. The second kappa shape index (κ2) is 9.79. The summed E-state index contributed by atoms with van der Waals surface area (Å²) >= 11 is 0. The molecule has 7 nitrogen and oxygen atoms in total. The largest absolute Gasteiger partial charge is 0.494 e. The minimum Gasteiger partial charge on any atom is -0.494 e. The first-order valence-corrected chi connectivity index (χ1v) is 12.1. The highest BCUT2D eigenvalue weighted by Crippen LogP contribution is 2.35. The number of halogens is 1. The predicted molar refractivity (Wildman–Crippen MR) is 136 cm³/mol. The molecular formula is C27H31FN4O3. The number of fused-ring (bicyclic) bond motifs is 3. The van der Waals surface area contributed by atoms with Gasteiger partial charge in [0.2, 0.25) is 0 Å². The standard InChI is InChI=1S/C27H31FN4O3/c1-31(2)11-5-13-35-19-9-7-17(8-10-19)20-14-21-23(15-22(20)28)29-24(18-6-4-12-34-16-18)26-25(21)30-27(33)32(26)3/h7-10,14-15,18H,4-6,11-13,16H2,1-3H3,(H,30,33)/t18-/m1/s1. The first-order valence-electron chi connectivity index (χ1n) is 12.1. The molecule has 8 heteroatoms. The fourth-order valence-corrected chi connectivity index (χ4v) is 4.82. The van der Waals surface area contributed by atoms with Gasteiger partial charge in [0.25, 0.3) is 0 Å². The Morgan fingerprint density at radius 2 is 2.06 bits per heavy atom. The van der Waals surface area contributed by atoms with Crippen molar-refractivity contribution in [2.24, 2.45) is 7.05 Å². The number of benzene rings is 2. The number of rotatable bonds is 7. The molecule has 1 aliphatic rings. The van der Waals surface area contributed by atoms with E-state index in [0.29, 0.717) is 29.8 Å². The van der Waals surface area contributed by atoms with Gasteiger partial charge < -0.3 is 19.4 Å². The molecule has 1 saturated heterocycles. The Morgan fingerprint density at radius 3 is 2.77 bits per heavy atom. The number of pyridine rings is 1. The zero-order valence-corrected chi connectivity index (χ0v) is 20.4. The molecule has 35 heavy (non-hydrogen) atoms. The van der Waals surface area contributed by atoms with Crippen LogP contribution in [-0.4, -0.2) is 59.9 Å². The molecule has 3 heterocycles. The van der Waals surface area contributed by atoms with E-state index in [1.54, 1.807) is 17.7 Å². The number of imidazole rings is 1. The average molecular weight is 479 g/mol. The molecule has 1 aliphatic heterocycles. The van der Waals surface area contributed by atoms with Gasteiger partial charge in [0.1, 0.15) is 11.6 Å². The minimum atomic E-state index is -0.354. The molecule has 0 aliphatic carbocycles.